The van der Waals surface area contributed by atoms with E-state index in [1.165, 1.54) is 11.3 Å². The Labute approximate surface area is 254 Å². The number of carbonyl (C=O) groups is 1. The zero-order valence-corrected chi connectivity index (χ0v) is 26.0. The van der Waals surface area contributed by atoms with Crippen molar-refractivity contribution in [1.29, 1.82) is 0 Å². The van der Waals surface area contributed by atoms with Gasteiger partial charge in [-0.2, -0.15) is 0 Å². The molecule has 2 heterocycles. The summed E-state index contributed by atoms with van der Waals surface area (Å²) in [6.07, 6.45) is 2.98. The van der Waals surface area contributed by atoms with Crippen molar-refractivity contribution in [3.63, 3.8) is 0 Å². The summed E-state index contributed by atoms with van der Waals surface area (Å²) in [5.41, 5.74) is 2.76. The number of phenols is 1. The zero-order chi connectivity index (χ0) is 30.7. The molecule has 1 aliphatic rings. The number of allylic oxidation sites excluding steroid dienone is 1. The van der Waals surface area contributed by atoms with Crippen LogP contribution in [-0.2, 0) is 9.53 Å². The van der Waals surface area contributed by atoms with E-state index in [9.17, 15) is 14.7 Å². The zero-order valence-electron chi connectivity index (χ0n) is 25.2. The van der Waals surface area contributed by atoms with E-state index in [0.717, 1.165) is 36.0 Å². The predicted molar refractivity (Wildman–Crippen MR) is 172 cm³/mol. The van der Waals surface area contributed by atoms with Gasteiger partial charge in [0.05, 0.1) is 29.5 Å². The summed E-state index contributed by atoms with van der Waals surface area (Å²) >= 11 is 1.24. The number of ether oxygens (including phenoxy) is 2. The van der Waals surface area contributed by atoms with Gasteiger partial charge in [0, 0.05) is 36.0 Å². The number of thiazole rings is 1. The van der Waals surface area contributed by atoms with E-state index in [0.29, 0.717) is 43.9 Å². The van der Waals surface area contributed by atoms with Crippen LogP contribution < -0.4 is 24.5 Å². The first-order valence-corrected chi connectivity index (χ1v) is 15.5. The third-order valence-electron chi connectivity index (χ3n) is 7.75. The fourth-order valence-electron chi connectivity index (χ4n) is 5.71. The van der Waals surface area contributed by atoms with Gasteiger partial charge in [-0.25, -0.2) is 9.79 Å². The summed E-state index contributed by atoms with van der Waals surface area (Å²) in [6, 6.07) is 16.3. The third-order valence-corrected chi connectivity index (χ3v) is 8.73. The first-order chi connectivity index (χ1) is 20.9. The highest BCUT2D eigenvalue weighted by Gasteiger charge is 2.37. The van der Waals surface area contributed by atoms with Crippen molar-refractivity contribution in [2.75, 3.05) is 31.7 Å². The number of phenolic OH excluding ortho intramolecular Hbond substituents is 1. The van der Waals surface area contributed by atoms with Gasteiger partial charge in [0.15, 0.2) is 4.80 Å². The molecular weight excluding hydrogens is 562 g/mol. The molecule has 0 fully saturated rings. The minimum absolute atomic E-state index is 0.0846. The molecule has 43 heavy (non-hydrogen) atoms. The smallest absolute Gasteiger partial charge is 0.338 e. The Hall–Kier alpha value is -4.37. The van der Waals surface area contributed by atoms with E-state index in [1.54, 1.807) is 30.7 Å². The number of esters is 1. The second-order valence-corrected chi connectivity index (χ2v) is 11.2. The first kappa shape index (κ1) is 30.1. The summed E-state index contributed by atoms with van der Waals surface area (Å²) in [4.78, 5) is 35.4. The molecule has 0 saturated carbocycles. The van der Waals surface area contributed by atoms with Gasteiger partial charge >= 0.3 is 5.97 Å². The van der Waals surface area contributed by atoms with Gasteiger partial charge < -0.3 is 19.5 Å². The SMILES string of the molecule is CCCC1=C(C(=O)OCC)C(c2c(OC)ccc3ccccc23)n2c(s/c(=C/c3ccc(N(CC)CC)cc3O)c2=O)=N1. The number of aromatic nitrogens is 1. The Morgan fingerprint density at radius 1 is 1.09 bits per heavy atom. The van der Waals surface area contributed by atoms with Crippen LogP contribution in [0.2, 0.25) is 0 Å². The van der Waals surface area contributed by atoms with Crippen LogP contribution in [0.25, 0.3) is 16.8 Å². The number of methoxy groups -OCH3 is 1. The Balaban J connectivity index is 1.80. The third kappa shape index (κ3) is 5.57. The maximum Gasteiger partial charge on any atom is 0.338 e. The molecule has 1 aliphatic heterocycles. The molecule has 0 aliphatic carbocycles. The highest BCUT2D eigenvalue weighted by Crippen LogP contribution is 2.41. The molecule has 0 radical (unpaired) electrons. The van der Waals surface area contributed by atoms with E-state index in [1.807, 2.05) is 55.5 Å². The lowest BCUT2D eigenvalue weighted by atomic mass is 9.90. The van der Waals surface area contributed by atoms with Crippen molar-refractivity contribution >= 4 is 39.8 Å². The standard InChI is InChI=1S/C34H37N3O5S/c1-6-12-25-30(33(40)42-9-4)31(29-24-14-11-10-13-21(24)16-18-27(29)41-5)37-32(39)28(43-34(37)35-25)19-22-15-17-23(20-26(22)38)36(7-2)8-3/h10-11,13-20,31,38H,6-9,12H2,1-5H3/b28-19+. The van der Waals surface area contributed by atoms with Crippen molar-refractivity contribution in [2.45, 2.75) is 46.6 Å². The molecule has 8 nitrogen and oxygen atoms in total. The molecule has 5 rings (SSSR count). The molecule has 3 aromatic carbocycles. The molecular formula is C34H37N3O5S. The molecule has 9 heteroatoms. The van der Waals surface area contributed by atoms with Gasteiger partial charge in [-0.3, -0.25) is 9.36 Å². The Kier molecular flexibility index (Phi) is 9.01. The van der Waals surface area contributed by atoms with Crippen LogP contribution in [0.1, 0.15) is 57.7 Å². The average Bonchev–Trinajstić information content (AvgIpc) is 3.32. The lowest BCUT2D eigenvalue weighted by molar-refractivity contribution is -0.139. The van der Waals surface area contributed by atoms with Crippen LogP contribution in [0, 0.1) is 0 Å². The summed E-state index contributed by atoms with van der Waals surface area (Å²) in [7, 11) is 1.59. The number of hydrogen-bond donors (Lipinski definition) is 1. The van der Waals surface area contributed by atoms with E-state index >= 15 is 0 Å². The molecule has 0 bridgehead atoms. The number of carbonyl (C=O) groups excluding carboxylic acids is 1. The lowest BCUT2D eigenvalue weighted by Gasteiger charge is -2.28. The summed E-state index contributed by atoms with van der Waals surface area (Å²) in [5, 5.41) is 12.7. The van der Waals surface area contributed by atoms with E-state index in [4.69, 9.17) is 14.5 Å². The van der Waals surface area contributed by atoms with Crippen LogP contribution in [0.4, 0.5) is 5.69 Å². The number of anilines is 1. The molecule has 1 atom stereocenters. The summed E-state index contributed by atoms with van der Waals surface area (Å²) < 4.78 is 13.4. The molecule has 1 N–H and O–H groups in total. The second-order valence-electron chi connectivity index (χ2n) is 10.2. The van der Waals surface area contributed by atoms with Crippen molar-refractivity contribution in [2.24, 2.45) is 4.99 Å². The highest BCUT2D eigenvalue weighted by molar-refractivity contribution is 7.07. The van der Waals surface area contributed by atoms with Gasteiger partial charge in [-0.15, -0.1) is 0 Å². The van der Waals surface area contributed by atoms with Gasteiger partial charge in [0.25, 0.3) is 5.56 Å². The number of nitrogens with zero attached hydrogens (tertiary/aromatic N) is 3. The topological polar surface area (TPSA) is 93.4 Å². The van der Waals surface area contributed by atoms with Crippen molar-refractivity contribution < 1.29 is 19.4 Å². The van der Waals surface area contributed by atoms with Gasteiger partial charge in [0.2, 0.25) is 0 Å². The minimum Gasteiger partial charge on any atom is -0.507 e. The van der Waals surface area contributed by atoms with Crippen molar-refractivity contribution in [3.8, 4) is 11.5 Å². The second kappa shape index (κ2) is 12.9. The van der Waals surface area contributed by atoms with Crippen LogP contribution in [0.5, 0.6) is 11.5 Å². The number of benzene rings is 3. The quantitative estimate of drug-likeness (QED) is 0.249. The van der Waals surface area contributed by atoms with Crippen LogP contribution in [0.15, 0.2) is 75.7 Å². The Bertz CT molecular complexity index is 1880. The number of aromatic hydroxyl groups is 1. The maximum absolute atomic E-state index is 14.3. The Morgan fingerprint density at radius 2 is 1.86 bits per heavy atom. The molecule has 224 valence electrons. The largest absolute Gasteiger partial charge is 0.507 e. The molecule has 4 aromatic rings. The molecule has 0 spiro atoms. The van der Waals surface area contributed by atoms with E-state index in [2.05, 4.69) is 18.7 Å². The van der Waals surface area contributed by atoms with Crippen molar-refractivity contribution in [3.05, 3.63) is 96.7 Å². The molecule has 0 saturated heterocycles. The monoisotopic (exact) mass is 599 g/mol. The molecule has 1 unspecified atom stereocenters. The van der Waals surface area contributed by atoms with Gasteiger partial charge in [-0.1, -0.05) is 55.0 Å². The summed E-state index contributed by atoms with van der Waals surface area (Å²) in [6.45, 7) is 9.73. The normalized spacial score (nSPS) is 14.9. The molecule has 1 aromatic heterocycles. The Morgan fingerprint density at radius 3 is 2.53 bits per heavy atom. The lowest BCUT2D eigenvalue weighted by Crippen LogP contribution is -2.40. The number of rotatable bonds is 10. The maximum atomic E-state index is 14.3. The summed E-state index contributed by atoms with van der Waals surface area (Å²) in [5.74, 6) is 0.137. The van der Waals surface area contributed by atoms with Gasteiger partial charge in [0.1, 0.15) is 17.5 Å². The van der Waals surface area contributed by atoms with Crippen LogP contribution in [0.3, 0.4) is 0 Å². The fourth-order valence-corrected chi connectivity index (χ4v) is 6.72. The first-order valence-electron chi connectivity index (χ1n) is 14.7. The highest BCUT2D eigenvalue weighted by atomic mass is 32.1. The van der Waals surface area contributed by atoms with E-state index in [-0.39, 0.29) is 17.9 Å². The molecule has 0 amide bonds. The average molecular weight is 600 g/mol. The number of fused-ring (bicyclic) bond motifs is 2. The van der Waals surface area contributed by atoms with E-state index < -0.39 is 12.0 Å². The van der Waals surface area contributed by atoms with Gasteiger partial charge in [-0.05, 0) is 62.2 Å². The van der Waals surface area contributed by atoms with Crippen LogP contribution >= 0.6 is 11.3 Å². The fraction of sp³-hybridized carbons (Fsp3) is 0.324. The minimum atomic E-state index is -0.821. The van der Waals surface area contributed by atoms with Crippen molar-refractivity contribution in [1.82, 2.24) is 4.57 Å². The number of hydrogen-bond acceptors (Lipinski definition) is 8. The predicted octanol–water partition coefficient (Wildman–Crippen LogP) is 5.29. The van der Waals surface area contributed by atoms with Crippen LogP contribution in [-0.4, -0.2) is 42.4 Å².